The average Bonchev–Trinajstić information content (AvgIpc) is 3.32. The molecule has 220 valence electrons. The summed E-state index contributed by atoms with van der Waals surface area (Å²) in [6.45, 7) is 1.60. The number of amidine groups is 1. The van der Waals surface area contributed by atoms with Crippen LogP contribution in [0.3, 0.4) is 0 Å². The third-order valence-electron chi connectivity index (χ3n) is 5.42. The highest BCUT2D eigenvalue weighted by Gasteiger charge is 2.46. The van der Waals surface area contributed by atoms with Crippen LogP contribution in [0.1, 0.15) is 10.4 Å². The maximum atomic E-state index is 13.6. The molecular formula is C24H22F3N3O7S4. The van der Waals surface area contributed by atoms with Gasteiger partial charge in [0.15, 0.2) is 9.84 Å². The normalized spacial score (nSPS) is 12.9. The molecule has 0 bridgehead atoms. The lowest BCUT2D eigenvalue weighted by Gasteiger charge is -2.19. The topological polar surface area (TPSA) is 174 Å². The van der Waals surface area contributed by atoms with Gasteiger partial charge in [0.1, 0.15) is 5.84 Å². The van der Waals surface area contributed by atoms with Crippen LogP contribution in [0.4, 0.5) is 18.9 Å². The Morgan fingerprint density at radius 1 is 1.10 bits per heavy atom. The molecule has 3 aromatic rings. The Labute approximate surface area is 241 Å². The second-order valence-electron chi connectivity index (χ2n) is 8.46. The van der Waals surface area contributed by atoms with Gasteiger partial charge >= 0.3 is 12.1 Å². The summed E-state index contributed by atoms with van der Waals surface area (Å²) in [5.41, 5.74) is 3.62. The third-order valence-corrected chi connectivity index (χ3v) is 10.8. The quantitative estimate of drug-likeness (QED) is 0.134. The smallest absolute Gasteiger partial charge is 0.429 e. The fourth-order valence-electron chi connectivity index (χ4n) is 3.61. The number of amides is 1. The lowest BCUT2D eigenvalue weighted by molar-refractivity contribution is -0.201. The van der Waals surface area contributed by atoms with Crippen LogP contribution in [-0.2, 0) is 34.0 Å². The van der Waals surface area contributed by atoms with Crippen LogP contribution in [0.25, 0.3) is 11.1 Å². The van der Waals surface area contributed by atoms with Crippen molar-refractivity contribution in [3.05, 3.63) is 59.0 Å². The first-order valence-electron chi connectivity index (χ1n) is 11.1. The summed E-state index contributed by atoms with van der Waals surface area (Å²) in [5.74, 6) is -4.73. The number of thioether (sulfide) groups is 1. The summed E-state index contributed by atoms with van der Waals surface area (Å²) in [7, 11) is -8.78. The average molecular weight is 650 g/mol. The zero-order chi connectivity index (χ0) is 30.9. The number of carbonyl (C=O) groups is 2. The van der Waals surface area contributed by atoms with E-state index < -0.39 is 43.2 Å². The molecule has 0 fully saturated rings. The number of halogens is 3. The number of benzene rings is 2. The van der Waals surface area contributed by atoms with Gasteiger partial charge in [0.25, 0.3) is 11.3 Å². The Balaban J connectivity index is 2.07. The van der Waals surface area contributed by atoms with E-state index in [4.69, 9.17) is 11.1 Å². The second kappa shape index (κ2) is 11.8. The number of anilines is 1. The number of esters is 1. The van der Waals surface area contributed by atoms with E-state index in [0.717, 1.165) is 23.1 Å². The standard InChI is InChI=1S/C24H22F3N3O7S4/c1-12-6-4-9-15(30-20(31)21(40(3,33)34)37-23(32)24(25,26)27)18(12)13-7-5-8-14(10-13)41(35,36)17-11-16(19(28)29)39-22(17)38-2/h4-11,21H,1-3H3,(H3,28,29)(H,30,31). The van der Waals surface area contributed by atoms with E-state index in [9.17, 15) is 39.6 Å². The first kappa shape index (κ1) is 32.1. The first-order chi connectivity index (χ1) is 18.9. The van der Waals surface area contributed by atoms with Crippen molar-refractivity contribution in [2.75, 3.05) is 17.8 Å². The Morgan fingerprint density at radius 2 is 1.73 bits per heavy atom. The molecule has 4 N–H and O–H groups in total. The van der Waals surface area contributed by atoms with Gasteiger partial charge in [-0.3, -0.25) is 10.2 Å². The monoisotopic (exact) mass is 649 g/mol. The van der Waals surface area contributed by atoms with E-state index in [2.05, 4.69) is 10.1 Å². The largest absolute Gasteiger partial charge is 0.490 e. The number of hydrogen-bond donors (Lipinski definition) is 3. The van der Waals surface area contributed by atoms with Gasteiger partial charge in [-0.1, -0.05) is 24.3 Å². The van der Waals surface area contributed by atoms with Crippen molar-refractivity contribution < 1.29 is 44.3 Å². The van der Waals surface area contributed by atoms with Crippen LogP contribution in [0.15, 0.2) is 62.5 Å². The summed E-state index contributed by atoms with van der Waals surface area (Å²) in [6, 6.07) is 11.3. The molecule has 0 aliphatic carbocycles. The van der Waals surface area contributed by atoms with Crippen LogP contribution in [0, 0.1) is 12.3 Å². The fourth-order valence-corrected chi connectivity index (χ4v) is 8.22. The minimum absolute atomic E-state index is 0.0573. The maximum absolute atomic E-state index is 13.6. The molecule has 1 heterocycles. The van der Waals surface area contributed by atoms with Crippen LogP contribution in [0.5, 0.6) is 0 Å². The summed E-state index contributed by atoms with van der Waals surface area (Å²) in [4.78, 5) is 24.1. The summed E-state index contributed by atoms with van der Waals surface area (Å²) >= 11 is 2.21. The van der Waals surface area contributed by atoms with Gasteiger partial charge in [-0.15, -0.1) is 23.1 Å². The van der Waals surface area contributed by atoms with Gasteiger partial charge in [-0.05, 0) is 48.6 Å². The number of carbonyl (C=O) groups excluding carboxylic acids is 2. The minimum Gasteiger partial charge on any atom is -0.429 e. The predicted molar refractivity (Wildman–Crippen MR) is 149 cm³/mol. The molecule has 0 spiro atoms. The second-order valence-corrected chi connectivity index (χ2v) is 14.6. The molecule has 1 atom stereocenters. The van der Waals surface area contributed by atoms with Gasteiger partial charge in [0.05, 0.1) is 18.9 Å². The molecule has 0 aliphatic heterocycles. The Kier molecular flexibility index (Phi) is 9.27. The third kappa shape index (κ3) is 7.09. The molecule has 41 heavy (non-hydrogen) atoms. The molecule has 0 saturated heterocycles. The van der Waals surface area contributed by atoms with Crippen molar-refractivity contribution in [1.29, 1.82) is 5.41 Å². The highest BCUT2D eigenvalue weighted by molar-refractivity contribution is 8.01. The van der Waals surface area contributed by atoms with E-state index in [-0.39, 0.29) is 37.3 Å². The number of thiophene rings is 1. The van der Waals surface area contributed by atoms with Gasteiger partial charge in [-0.2, -0.15) is 13.2 Å². The molecule has 3 rings (SSSR count). The van der Waals surface area contributed by atoms with Crippen LogP contribution < -0.4 is 11.1 Å². The van der Waals surface area contributed by atoms with E-state index in [1.165, 1.54) is 42.5 Å². The van der Waals surface area contributed by atoms with E-state index >= 15 is 0 Å². The summed E-state index contributed by atoms with van der Waals surface area (Å²) in [5, 5.41) is 9.83. The van der Waals surface area contributed by atoms with Crippen molar-refractivity contribution in [2.45, 2.75) is 32.5 Å². The molecule has 0 aliphatic rings. The molecule has 1 unspecified atom stereocenters. The fraction of sp³-hybridized carbons (Fsp3) is 0.208. The number of ether oxygens (including phenoxy) is 1. The summed E-state index contributed by atoms with van der Waals surface area (Å²) in [6.07, 6.45) is -3.45. The molecule has 1 aromatic heterocycles. The molecule has 0 saturated carbocycles. The van der Waals surface area contributed by atoms with Gasteiger partial charge < -0.3 is 15.8 Å². The summed E-state index contributed by atoms with van der Waals surface area (Å²) < 4.78 is 93.7. The molecule has 17 heteroatoms. The van der Waals surface area contributed by atoms with Crippen molar-refractivity contribution in [3.8, 4) is 11.1 Å². The number of aryl methyl sites for hydroxylation is 1. The zero-order valence-corrected chi connectivity index (χ0v) is 24.7. The van der Waals surface area contributed by atoms with Crippen molar-refractivity contribution >= 4 is 66.2 Å². The minimum atomic E-state index is -5.55. The number of rotatable bonds is 9. The first-order valence-corrected chi connectivity index (χ1v) is 16.6. The van der Waals surface area contributed by atoms with E-state index in [1.54, 1.807) is 19.2 Å². The SMILES string of the molecule is CSc1sc(C(=N)N)cc1S(=O)(=O)c1cccc(-c2c(C)cccc2NC(=O)C(OC(=O)C(F)(F)F)S(C)(=O)=O)c1. The Bertz CT molecular complexity index is 1750. The number of nitrogens with two attached hydrogens (primary N) is 1. The number of sulfone groups is 2. The van der Waals surface area contributed by atoms with Crippen LogP contribution in [0.2, 0.25) is 0 Å². The highest BCUT2D eigenvalue weighted by Crippen LogP contribution is 2.39. The molecule has 0 radical (unpaired) electrons. The van der Waals surface area contributed by atoms with E-state index in [1.807, 2.05) is 0 Å². The van der Waals surface area contributed by atoms with E-state index in [0.29, 0.717) is 16.0 Å². The molecule has 10 nitrogen and oxygen atoms in total. The number of alkyl halides is 3. The Hall–Kier alpha value is -3.41. The van der Waals surface area contributed by atoms with Crippen LogP contribution in [-0.4, -0.2) is 58.7 Å². The molecular weight excluding hydrogens is 628 g/mol. The number of nitrogens with one attached hydrogen (secondary N) is 2. The highest BCUT2D eigenvalue weighted by atomic mass is 32.2. The van der Waals surface area contributed by atoms with Gasteiger partial charge in [0.2, 0.25) is 9.84 Å². The maximum Gasteiger partial charge on any atom is 0.490 e. The lowest BCUT2D eigenvalue weighted by Crippen LogP contribution is -2.41. The Morgan fingerprint density at radius 3 is 2.29 bits per heavy atom. The van der Waals surface area contributed by atoms with Crippen molar-refractivity contribution in [2.24, 2.45) is 5.73 Å². The predicted octanol–water partition coefficient (Wildman–Crippen LogP) is 3.98. The lowest BCUT2D eigenvalue weighted by atomic mass is 9.98. The van der Waals surface area contributed by atoms with Crippen molar-refractivity contribution in [3.63, 3.8) is 0 Å². The van der Waals surface area contributed by atoms with Crippen LogP contribution >= 0.6 is 23.1 Å². The molecule has 1 amide bonds. The van der Waals surface area contributed by atoms with Crippen molar-refractivity contribution in [1.82, 2.24) is 0 Å². The zero-order valence-electron chi connectivity index (χ0n) is 21.4. The van der Waals surface area contributed by atoms with Gasteiger partial charge in [-0.25, -0.2) is 21.6 Å². The number of hydrogen-bond acceptors (Lipinski definition) is 10. The van der Waals surface area contributed by atoms with Gasteiger partial charge in [0, 0.05) is 17.5 Å². The number of nitrogen functional groups attached to an aromatic ring is 1. The molecule has 2 aromatic carbocycles.